The first-order chi connectivity index (χ1) is 8.67. The number of nitrogens with zero attached hydrogens (tertiary/aromatic N) is 2. The highest BCUT2D eigenvalue weighted by Crippen LogP contribution is 2.34. The molecule has 0 aromatic carbocycles. The largest absolute Gasteiger partial charge is 0.307 e. The summed E-state index contributed by atoms with van der Waals surface area (Å²) in [5, 5.41) is 8.38. The topological polar surface area (TPSA) is 29.9 Å². The van der Waals surface area contributed by atoms with Gasteiger partial charge in [-0.2, -0.15) is 5.10 Å². The minimum Gasteiger partial charge on any atom is -0.307 e. The summed E-state index contributed by atoms with van der Waals surface area (Å²) in [7, 11) is 1.94. The fraction of sp³-hybridized carbons (Fsp3) is 0.417. The number of nitrogens with one attached hydrogen (secondary N) is 1. The number of halogens is 2. The molecule has 2 rings (SSSR count). The molecule has 98 valence electrons. The van der Waals surface area contributed by atoms with Gasteiger partial charge in [0, 0.05) is 11.4 Å². The van der Waals surface area contributed by atoms with Crippen molar-refractivity contribution in [1.29, 1.82) is 0 Å². The van der Waals surface area contributed by atoms with Crippen LogP contribution >= 0.6 is 38.9 Å². The fourth-order valence-corrected chi connectivity index (χ4v) is 3.73. The number of aryl methyl sites for hydroxylation is 1. The molecule has 0 radical (unpaired) electrons. The molecule has 2 heterocycles. The maximum Gasteiger partial charge on any atom is 0.0855 e. The van der Waals surface area contributed by atoms with Gasteiger partial charge in [-0.05, 0) is 41.5 Å². The van der Waals surface area contributed by atoms with Crippen LogP contribution in [0, 0.1) is 0 Å². The van der Waals surface area contributed by atoms with Gasteiger partial charge in [-0.25, -0.2) is 0 Å². The third kappa shape index (κ3) is 2.79. The van der Waals surface area contributed by atoms with Gasteiger partial charge in [0.15, 0.2) is 0 Å². The van der Waals surface area contributed by atoms with Crippen LogP contribution in [-0.2, 0) is 6.54 Å². The Labute approximate surface area is 124 Å². The second-order valence-corrected chi connectivity index (χ2v) is 6.87. The lowest BCUT2D eigenvalue weighted by Gasteiger charge is -2.17. The highest BCUT2D eigenvalue weighted by atomic mass is 79.9. The van der Waals surface area contributed by atoms with Crippen molar-refractivity contribution in [2.75, 3.05) is 7.05 Å². The second-order valence-electron chi connectivity index (χ2n) is 3.96. The zero-order chi connectivity index (χ0) is 13.1. The molecule has 0 aliphatic rings. The molecule has 0 aliphatic carbocycles. The van der Waals surface area contributed by atoms with E-state index in [1.54, 1.807) is 17.5 Å². The van der Waals surface area contributed by atoms with Gasteiger partial charge in [-0.1, -0.05) is 18.5 Å². The summed E-state index contributed by atoms with van der Waals surface area (Å²) < 4.78 is 3.10. The summed E-state index contributed by atoms with van der Waals surface area (Å²) in [5.41, 5.74) is 1.04. The Balaban J connectivity index is 2.41. The Hall–Kier alpha value is -0.360. The molecule has 0 fully saturated rings. The third-order valence-electron chi connectivity index (χ3n) is 2.71. The van der Waals surface area contributed by atoms with Crippen molar-refractivity contribution in [2.45, 2.75) is 25.9 Å². The quantitative estimate of drug-likeness (QED) is 0.882. The molecule has 1 N–H and O–H groups in total. The first kappa shape index (κ1) is 14.1. The average Bonchev–Trinajstić information content (AvgIpc) is 2.91. The summed E-state index contributed by atoms with van der Waals surface area (Å²) in [6.45, 7) is 3.02. The van der Waals surface area contributed by atoms with Crippen LogP contribution in [0.2, 0.25) is 5.02 Å². The number of aromatic nitrogens is 2. The van der Waals surface area contributed by atoms with E-state index in [4.69, 9.17) is 11.6 Å². The minimum absolute atomic E-state index is 0.0860. The van der Waals surface area contributed by atoms with Gasteiger partial charge in [0.2, 0.25) is 0 Å². The monoisotopic (exact) mass is 347 g/mol. The number of rotatable bonds is 5. The molecule has 0 saturated carbocycles. The first-order valence-corrected chi connectivity index (χ1v) is 7.79. The van der Waals surface area contributed by atoms with Crippen molar-refractivity contribution in [2.24, 2.45) is 0 Å². The molecule has 1 atom stereocenters. The molecule has 3 nitrogen and oxygen atoms in total. The van der Waals surface area contributed by atoms with Crippen molar-refractivity contribution in [1.82, 2.24) is 15.1 Å². The van der Waals surface area contributed by atoms with Gasteiger partial charge in [0.05, 0.1) is 26.7 Å². The van der Waals surface area contributed by atoms with Crippen LogP contribution in [-0.4, -0.2) is 16.8 Å². The van der Waals surface area contributed by atoms with E-state index in [2.05, 4.69) is 45.4 Å². The number of hydrogen-bond acceptors (Lipinski definition) is 3. The zero-order valence-electron chi connectivity index (χ0n) is 10.3. The van der Waals surface area contributed by atoms with Crippen LogP contribution < -0.4 is 5.32 Å². The Morgan fingerprint density at radius 1 is 1.56 bits per heavy atom. The smallest absolute Gasteiger partial charge is 0.0855 e. The fourth-order valence-electron chi connectivity index (χ4n) is 1.95. The molecule has 0 amide bonds. The van der Waals surface area contributed by atoms with Crippen LogP contribution in [0.3, 0.4) is 0 Å². The van der Waals surface area contributed by atoms with Crippen LogP contribution in [0.15, 0.2) is 22.1 Å². The van der Waals surface area contributed by atoms with E-state index in [9.17, 15) is 0 Å². The van der Waals surface area contributed by atoms with E-state index in [0.717, 1.165) is 22.4 Å². The highest BCUT2D eigenvalue weighted by molar-refractivity contribution is 9.11. The van der Waals surface area contributed by atoms with Gasteiger partial charge in [-0.15, -0.1) is 11.3 Å². The molecular formula is C12H15BrClN3S. The number of thiophene rings is 1. The van der Waals surface area contributed by atoms with E-state index in [1.165, 1.54) is 4.88 Å². The van der Waals surface area contributed by atoms with Crippen LogP contribution in [0.5, 0.6) is 0 Å². The molecule has 0 spiro atoms. The highest BCUT2D eigenvalue weighted by Gasteiger charge is 2.21. The van der Waals surface area contributed by atoms with Gasteiger partial charge in [0.25, 0.3) is 0 Å². The van der Waals surface area contributed by atoms with Gasteiger partial charge < -0.3 is 5.32 Å². The molecule has 0 saturated heterocycles. The van der Waals surface area contributed by atoms with E-state index < -0.39 is 0 Å². The predicted octanol–water partition coefficient (Wildman–Crippen LogP) is 4.08. The Bertz CT molecular complexity index is 523. The SMILES string of the molecule is CCCn1ncc(Cl)c1C(NC)c1ccc(Br)s1. The van der Waals surface area contributed by atoms with Crippen molar-refractivity contribution in [3.8, 4) is 0 Å². The summed E-state index contributed by atoms with van der Waals surface area (Å²) in [6.07, 6.45) is 2.76. The zero-order valence-corrected chi connectivity index (χ0v) is 13.4. The molecule has 18 heavy (non-hydrogen) atoms. The molecule has 1 unspecified atom stereocenters. The molecule has 0 aliphatic heterocycles. The summed E-state index contributed by atoms with van der Waals surface area (Å²) >= 11 is 11.5. The van der Waals surface area contributed by atoms with E-state index in [0.29, 0.717) is 5.02 Å². The van der Waals surface area contributed by atoms with E-state index in [1.807, 2.05) is 11.7 Å². The first-order valence-electron chi connectivity index (χ1n) is 5.81. The van der Waals surface area contributed by atoms with Gasteiger partial charge in [-0.3, -0.25) is 4.68 Å². The molecule has 2 aromatic heterocycles. The maximum absolute atomic E-state index is 6.28. The second kappa shape index (κ2) is 6.19. The van der Waals surface area contributed by atoms with Crippen LogP contribution in [0.4, 0.5) is 0 Å². The molecule has 6 heteroatoms. The number of hydrogen-bond donors (Lipinski definition) is 1. The summed E-state index contributed by atoms with van der Waals surface area (Å²) in [4.78, 5) is 1.23. The van der Waals surface area contributed by atoms with Gasteiger partial charge >= 0.3 is 0 Å². The van der Waals surface area contributed by atoms with Gasteiger partial charge in [0.1, 0.15) is 0 Å². The Kier molecular flexibility index (Phi) is 4.84. The molecule has 2 aromatic rings. The average molecular weight is 349 g/mol. The summed E-state index contributed by atoms with van der Waals surface area (Å²) in [6, 6.07) is 4.25. The normalized spacial score (nSPS) is 12.9. The van der Waals surface area contributed by atoms with Crippen molar-refractivity contribution in [3.05, 3.63) is 37.7 Å². The lowest BCUT2D eigenvalue weighted by atomic mass is 10.1. The predicted molar refractivity (Wildman–Crippen MR) is 80.4 cm³/mol. The Morgan fingerprint density at radius 2 is 2.33 bits per heavy atom. The lowest BCUT2D eigenvalue weighted by Crippen LogP contribution is -2.21. The molecule has 0 bridgehead atoms. The van der Waals surface area contributed by atoms with Crippen molar-refractivity contribution < 1.29 is 0 Å². The minimum atomic E-state index is 0.0860. The van der Waals surface area contributed by atoms with Crippen LogP contribution in [0.25, 0.3) is 0 Å². The van der Waals surface area contributed by atoms with Crippen LogP contribution in [0.1, 0.15) is 30.0 Å². The van der Waals surface area contributed by atoms with E-state index in [-0.39, 0.29) is 6.04 Å². The molecular weight excluding hydrogens is 334 g/mol. The standard InChI is InChI=1S/C12H15BrClN3S/c1-3-6-17-12(8(14)7-16-17)11(15-2)9-4-5-10(13)18-9/h4-5,7,11,15H,3,6H2,1-2H3. The summed E-state index contributed by atoms with van der Waals surface area (Å²) in [5.74, 6) is 0. The lowest BCUT2D eigenvalue weighted by molar-refractivity contribution is 0.538. The van der Waals surface area contributed by atoms with E-state index >= 15 is 0 Å². The van der Waals surface area contributed by atoms with Crippen molar-refractivity contribution >= 4 is 38.9 Å². The Morgan fingerprint density at radius 3 is 2.89 bits per heavy atom. The van der Waals surface area contributed by atoms with Crippen molar-refractivity contribution in [3.63, 3.8) is 0 Å². The maximum atomic E-state index is 6.28. The third-order valence-corrected chi connectivity index (χ3v) is 4.69.